The number of benzene rings is 2. The molecular formula is C19H21NO3S. The van der Waals surface area contributed by atoms with Gasteiger partial charge in [-0.2, -0.15) is 0 Å². The van der Waals surface area contributed by atoms with E-state index in [0.29, 0.717) is 12.8 Å². The maximum absolute atomic E-state index is 12.9. The van der Waals surface area contributed by atoms with Crippen LogP contribution in [0.4, 0.5) is 0 Å². The van der Waals surface area contributed by atoms with Gasteiger partial charge in [0.15, 0.2) is 0 Å². The van der Waals surface area contributed by atoms with Gasteiger partial charge in [-0.15, -0.1) is 0 Å². The summed E-state index contributed by atoms with van der Waals surface area (Å²) in [5.41, 5.74) is 2.92. The van der Waals surface area contributed by atoms with E-state index in [0.717, 1.165) is 21.0 Å². The minimum absolute atomic E-state index is 0.173. The topological polar surface area (TPSA) is 54.5 Å². The standard InChI is InChI=1S/C19H21NO3S/c1-14-9-11-16(12-10-14)24(22,23)20-13-5-8-18(19(20)21)17-7-4-3-6-15(17)2/h3-4,6-7,9-12,18H,5,8,13H2,1-2H3. The average molecular weight is 343 g/mol. The van der Waals surface area contributed by atoms with Crippen LogP contribution in [0.3, 0.4) is 0 Å². The summed E-state index contributed by atoms with van der Waals surface area (Å²) in [4.78, 5) is 13.1. The Morgan fingerprint density at radius 1 is 1.00 bits per heavy atom. The second kappa shape index (κ2) is 6.40. The first-order valence-corrected chi connectivity index (χ1v) is 9.54. The predicted octanol–water partition coefficient (Wildman–Crippen LogP) is 3.40. The number of carbonyl (C=O) groups excluding carboxylic acids is 1. The van der Waals surface area contributed by atoms with Crippen molar-refractivity contribution in [3.8, 4) is 0 Å². The van der Waals surface area contributed by atoms with Crippen LogP contribution < -0.4 is 0 Å². The zero-order valence-electron chi connectivity index (χ0n) is 13.9. The highest BCUT2D eigenvalue weighted by atomic mass is 32.2. The molecule has 3 rings (SSSR count). The molecule has 4 nitrogen and oxygen atoms in total. The summed E-state index contributed by atoms with van der Waals surface area (Å²) in [7, 11) is -3.80. The highest BCUT2D eigenvalue weighted by Gasteiger charge is 2.37. The van der Waals surface area contributed by atoms with E-state index in [2.05, 4.69) is 0 Å². The minimum atomic E-state index is -3.80. The highest BCUT2D eigenvalue weighted by Crippen LogP contribution is 2.33. The van der Waals surface area contributed by atoms with Crippen molar-refractivity contribution >= 4 is 15.9 Å². The van der Waals surface area contributed by atoms with Crippen molar-refractivity contribution in [2.24, 2.45) is 0 Å². The largest absolute Gasteiger partial charge is 0.273 e. The van der Waals surface area contributed by atoms with Gasteiger partial charge in [-0.05, 0) is 49.9 Å². The number of nitrogens with zero attached hydrogens (tertiary/aromatic N) is 1. The molecule has 1 fully saturated rings. The molecule has 2 aromatic carbocycles. The fraction of sp³-hybridized carbons (Fsp3) is 0.316. The molecule has 1 aliphatic heterocycles. The molecule has 0 bridgehead atoms. The van der Waals surface area contributed by atoms with Crippen LogP contribution in [0.5, 0.6) is 0 Å². The summed E-state index contributed by atoms with van der Waals surface area (Å²) in [6.07, 6.45) is 1.36. The van der Waals surface area contributed by atoms with Crippen LogP contribution in [0.25, 0.3) is 0 Å². The van der Waals surface area contributed by atoms with Crippen molar-refractivity contribution in [2.45, 2.75) is 37.5 Å². The number of piperidine rings is 1. The summed E-state index contributed by atoms with van der Waals surface area (Å²) in [5.74, 6) is -0.712. The SMILES string of the molecule is Cc1ccc(S(=O)(=O)N2CCCC(c3ccccc3C)C2=O)cc1. The van der Waals surface area contributed by atoms with E-state index >= 15 is 0 Å². The molecular weight excluding hydrogens is 322 g/mol. The van der Waals surface area contributed by atoms with Gasteiger partial charge in [-0.1, -0.05) is 42.0 Å². The van der Waals surface area contributed by atoms with E-state index < -0.39 is 10.0 Å². The second-order valence-electron chi connectivity index (χ2n) is 6.28. The van der Waals surface area contributed by atoms with Crippen molar-refractivity contribution < 1.29 is 13.2 Å². The Labute approximate surface area is 143 Å². The molecule has 1 unspecified atom stereocenters. The Morgan fingerprint density at radius 3 is 2.33 bits per heavy atom. The van der Waals surface area contributed by atoms with Crippen LogP contribution in [0, 0.1) is 13.8 Å². The zero-order chi connectivity index (χ0) is 17.3. The van der Waals surface area contributed by atoms with Crippen LogP contribution in [0.15, 0.2) is 53.4 Å². The molecule has 1 atom stereocenters. The lowest BCUT2D eigenvalue weighted by atomic mass is 9.88. The van der Waals surface area contributed by atoms with Gasteiger partial charge in [0.25, 0.3) is 10.0 Å². The third kappa shape index (κ3) is 2.96. The maximum atomic E-state index is 12.9. The molecule has 0 radical (unpaired) electrons. The molecule has 1 aliphatic rings. The van der Waals surface area contributed by atoms with E-state index in [1.54, 1.807) is 24.3 Å². The van der Waals surface area contributed by atoms with Gasteiger partial charge in [-0.25, -0.2) is 12.7 Å². The predicted molar refractivity (Wildman–Crippen MR) is 93.2 cm³/mol. The summed E-state index contributed by atoms with van der Waals surface area (Å²) in [5, 5.41) is 0. The molecule has 0 aliphatic carbocycles. The normalized spacial score (nSPS) is 18.7. The lowest BCUT2D eigenvalue weighted by Crippen LogP contribution is -2.44. The van der Waals surface area contributed by atoms with Gasteiger partial charge < -0.3 is 0 Å². The average Bonchev–Trinajstić information content (AvgIpc) is 2.56. The quantitative estimate of drug-likeness (QED) is 0.858. The van der Waals surface area contributed by atoms with Gasteiger partial charge >= 0.3 is 0 Å². The first kappa shape index (κ1) is 16.7. The van der Waals surface area contributed by atoms with Gasteiger partial charge in [0.05, 0.1) is 10.8 Å². The molecule has 0 saturated carbocycles. The third-order valence-corrected chi connectivity index (χ3v) is 6.38. The van der Waals surface area contributed by atoms with Crippen molar-refractivity contribution in [1.82, 2.24) is 4.31 Å². The Kier molecular flexibility index (Phi) is 4.45. The molecule has 1 saturated heterocycles. The zero-order valence-corrected chi connectivity index (χ0v) is 14.7. The van der Waals surface area contributed by atoms with Crippen LogP contribution in [-0.2, 0) is 14.8 Å². The smallest absolute Gasteiger partial charge is 0.266 e. The molecule has 5 heteroatoms. The van der Waals surface area contributed by atoms with Gasteiger partial charge in [-0.3, -0.25) is 4.79 Å². The van der Waals surface area contributed by atoms with Crippen LogP contribution in [0.2, 0.25) is 0 Å². The molecule has 0 aromatic heterocycles. The molecule has 24 heavy (non-hydrogen) atoms. The lowest BCUT2D eigenvalue weighted by Gasteiger charge is -2.32. The number of sulfonamides is 1. The number of amides is 1. The third-order valence-electron chi connectivity index (χ3n) is 4.57. The number of aryl methyl sites for hydroxylation is 2. The van der Waals surface area contributed by atoms with E-state index in [9.17, 15) is 13.2 Å². The van der Waals surface area contributed by atoms with Gasteiger partial charge in [0.2, 0.25) is 5.91 Å². The Balaban J connectivity index is 1.95. The fourth-order valence-corrected chi connectivity index (χ4v) is 4.66. The van der Waals surface area contributed by atoms with Crippen LogP contribution >= 0.6 is 0 Å². The van der Waals surface area contributed by atoms with E-state index in [-0.39, 0.29) is 23.3 Å². The van der Waals surface area contributed by atoms with E-state index in [4.69, 9.17) is 0 Å². The summed E-state index contributed by atoms with van der Waals surface area (Å²) < 4.78 is 26.8. The number of hydrogen-bond acceptors (Lipinski definition) is 3. The van der Waals surface area contributed by atoms with E-state index in [1.807, 2.05) is 38.1 Å². The summed E-state index contributed by atoms with van der Waals surface area (Å²) in [6.45, 7) is 4.10. The molecule has 1 heterocycles. The van der Waals surface area contributed by atoms with Crippen molar-refractivity contribution in [3.63, 3.8) is 0 Å². The Morgan fingerprint density at radius 2 is 1.67 bits per heavy atom. The molecule has 1 amide bonds. The van der Waals surface area contributed by atoms with Crippen LogP contribution in [-0.4, -0.2) is 25.2 Å². The number of carbonyl (C=O) groups is 1. The van der Waals surface area contributed by atoms with Crippen molar-refractivity contribution in [2.75, 3.05) is 6.54 Å². The number of rotatable bonds is 3. The first-order chi connectivity index (χ1) is 11.4. The fourth-order valence-electron chi connectivity index (χ4n) is 3.19. The first-order valence-electron chi connectivity index (χ1n) is 8.10. The lowest BCUT2D eigenvalue weighted by molar-refractivity contribution is -0.129. The van der Waals surface area contributed by atoms with E-state index in [1.165, 1.54) is 0 Å². The van der Waals surface area contributed by atoms with Crippen molar-refractivity contribution in [1.29, 1.82) is 0 Å². The molecule has 0 spiro atoms. The highest BCUT2D eigenvalue weighted by molar-refractivity contribution is 7.89. The summed E-state index contributed by atoms with van der Waals surface area (Å²) >= 11 is 0. The Bertz CT molecular complexity index is 856. The molecule has 0 N–H and O–H groups in total. The van der Waals surface area contributed by atoms with Crippen LogP contribution in [0.1, 0.15) is 35.4 Å². The minimum Gasteiger partial charge on any atom is -0.273 e. The molecule has 2 aromatic rings. The van der Waals surface area contributed by atoms with Gasteiger partial charge in [0.1, 0.15) is 0 Å². The maximum Gasteiger partial charge on any atom is 0.266 e. The van der Waals surface area contributed by atoms with Crippen molar-refractivity contribution in [3.05, 3.63) is 65.2 Å². The van der Waals surface area contributed by atoms with Gasteiger partial charge in [0, 0.05) is 6.54 Å². The monoisotopic (exact) mass is 343 g/mol. The summed E-state index contributed by atoms with van der Waals surface area (Å²) in [6, 6.07) is 14.3. The number of hydrogen-bond donors (Lipinski definition) is 0. The Hall–Kier alpha value is -2.14. The second-order valence-corrected chi connectivity index (χ2v) is 8.14. The molecule has 126 valence electrons.